The van der Waals surface area contributed by atoms with E-state index in [1.54, 1.807) is 17.4 Å². The van der Waals surface area contributed by atoms with Gasteiger partial charge in [0.25, 0.3) is 0 Å². The zero-order valence-electron chi connectivity index (χ0n) is 17.3. The molecule has 0 saturated carbocycles. The van der Waals surface area contributed by atoms with Crippen molar-refractivity contribution in [2.75, 3.05) is 0 Å². The molecule has 0 spiro atoms. The Kier molecular flexibility index (Phi) is 6.14. The Morgan fingerprint density at radius 2 is 0.793 bits per heavy atom. The molecule has 2 heteroatoms. The van der Waals surface area contributed by atoms with Crippen molar-refractivity contribution in [1.29, 1.82) is 0 Å². The van der Waals surface area contributed by atoms with Crippen LogP contribution in [0, 0.1) is 20.8 Å². The molecule has 0 amide bonds. The quantitative estimate of drug-likeness (QED) is 0.368. The first kappa shape index (κ1) is 20.3. The summed E-state index contributed by atoms with van der Waals surface area (Å²) in [4.78, 5) is 0. The van der Waals surface area contributed by atoms with E-state index in [4.69, 9.17) is 0 Å². The second-order valence-corrected chi connectivity index (χ2v) is 27.3. The van der Waals surface area contributed by atoms with Gasteiger partial charge in [0.05, 0.1) is 0 Å². The Balaban J connectivity index is 2.01. The molecule has 4 aromatic rings. The molecule has 0 nitrogen and oxygen atoms in total. The third kappa shape index (κ3) is 4.30. The Hall–Kier alpha value is -2.00. The summed E-state index contributed by atoms with van der Waals surface area (Å²) in [6, 6.07) is 39.5. The van der Waals surface area contributed by atoms with Crippen LogP contribution >= 0.6 is 0 Å². The summed E-state index contributed by atoms with van der Waals surface area (Å²) in [7, 11) is 0. The van der Waals surface area contributed by atoms with Gasteiger partial charge >= 0.3 is 183 Å². The molecular formula is C27H28As2. The van der Waals surface area contributed by atoms with Crippen molar-refractivity contribution in [3.63, 3.8) is 0 Å². The monoisotopic (exact) mass is 502 g/mol. The predicted molar refractivity (Wildman–Crippen MR) is 133 cm³/mol. The number of rotatable bonds is 5. The van der Waals surface area contributed by atoms with Crippen molar-refractivity contribution in [2.24, 2.45) is 0 Å². The fourth-order valence-electron chi connectivity index (χ4n) is 3.87. The van der Waals surface area contributed by atoms with E-state index >= 15 is 0 Å². The average Bonchev–Trinajstić information content (AvgIpc) is 2.75. The topological polar surface area (TPSA) is 0 Å². The van der Waals surface area contributed by atoms with E-state index in [1.807, 2.05) is 0 Å². The second kappa shape index (κ2) is 8.79. The number of aryl methyl sites for hydroxylation is 3. The molecule has 4 aromatic carbocycles. The van der Waals surface area contributed by atoms with E-state index in [0.717, 1.165) is 0 Å². The number of hydrogen-bond acceptors (Lipinski definition) is 0. The first-order valence-corrected chi connectivity index (χ1v) is 20.8. The van der Waals surface area contributed by atoms with Gasteiger partial charge in [0.15, 0.2) is 0 Å². The Bertz CT molecular complexity index is 953. The van der Waals surface area contributed by atoms with Crippen molar-refractivity contribution in [2.45, 2.75) is 20.8 Å². The van der Waals surface area contributed by atoms with E-state index in [0.29, 0.717) is 0 Å². The third-order valence-electron chi connectivity index (χ3n) is 5.56. The van der Waals surface area contributed by atoms with Gasteiger partial charge in [-0.25, -0.2) is 0 Å². The van der Waals surface area contributed by atoms with Crippen LogP contribution in [0.3, 0.4) is 0 Å². The van der Waals surface area contributed by atoms with Gasteiger partial charge in [0.1, 0.15) is 0 Å². The molecular weight excluding hydrogens is 474 g/mol. The standard InChI is InChI=1S/C27H28As2/c1-21-9-15-25(16-10-21)29(26-17-11-22(2)12-18-26,27-19-13-23(3)14-20-27)28-24-7-5-4-6-8-24/h4-20,28-29H,1-3H3. The van der Waals surface area contributed by atoms with Crippen molar-refractivity contribution in [3.8, 4) is 0 Å². The zero-order valence-corrected chi connectivity index (χ0v) is 21.5. The van der Waals surface area contributed by atoms with Gasteiger partial charge in [-0.1, -0.05) is 0 Å². The second-order valence-electron chi connectivity index (χ2n) is 7.84. The van der Waals surface area contributed by atoms with Crippen molar-refractivity contribution in [1.82, 2.24) is 0 Å². The molecule has 29 heavy (non-hydrogen) atoms. The molecule has 0 N–H and O–H groups in total. The van der Waals surface area contributed by atoms with E-state index in [1.165, 1.54) is 16.7 Å². The fraction of sp³-hybridized carbons (Fsp3) is 0.111. The van der Waals surface area contributed by atoms with Crippen molar-refractivity contribution >= 4 is 42.6 Å². The first-order valence-electron chi connectivity index (χ1n) is 10.1. The summed E-state index contributed by atoms with van der Waals surface area (Å²) in [6.07, 6.45) is 0. The third-order valence-corrected chi connectivity index (χ3v) is 31.9. The van der Waals surface area contributed by atoms with Gasteiger partial charge in [-0.15, -0.1) is 0 Å². The normalized spacial score (nSPS) is 12.4. The molecule has 146 valence electrons. The number of benzene rings is 4. The predicted octanol–water partition coefficient (Wildman–Crippen LogP) is 3.07. The molecule has 0 saturated heterocycles. The fourth-order valence-corrected chi connectivity index (χ4v) is 29.4. The molecule has 0 fully saturated rings. The average molecular weight is 502 g/mol. The summed E-state index contributed by atoms with van der Waals surface area (Å²) in [5.74, 6) is 0. The molecule has 1 unspecified atom stereocenters. The molecule has 0 aliphatic rings. The van der Waals surface area contributed by atoms with Crippen LogP contribution in [0.2, 0.25) is 0 Å². The van der Waals surface area contributed by atoms with E-state index in [-0.39, 0.29) is 13.7 Å². The molecule has 0 heterocycles. The minimum atomic E-state index is -2.81. The van der Waals surface area contributed by atoms with Gasteiger partial charge in [-0.05, 0) is 0 Å². The summed E-state index contributed by atoms with van der Waals surface area (Å²) >= 11 is -3.19. The molecule has 4 rings (SSSR count). The van der Waals surface area contributed by atoms with Gasteiger partial charge in [-0.3, -0.25) is 0 Å². The van der Waals surface area contributed by atoms with Crippen LogP contribution in [0.1, 0.15) is 16.7 Å². The van der Waals surface area contributed by atoms with Crippen molar-refractivity contribution in [3.05, 3.63) is 120 Å². The molecule has 0 aromatic heterocycles. The SMILES string of the molecule is Cc1ccc([AsH]([AsH]c2ccccc2)(c2ccc(C)cc2)c2ccc(C)cc2)cc1. The van der Waals surface area contributed by atoms with Crippen LogP contribution in [0.25, 0.3) is 0 Å². The van der Waals surface area contributed by atoms with Crippen LogP contribution in [0.15, 0.2) is 103 Å². The molecule has 0 aliphatic carbocycles. The first-order chi connectivity index (χ1) is 14.1. The van der Waals surface area contributed by atoms with Gasteiger partial charge < -0.3 is 0 Å². The van der Waals surface area contributed by atoms with Crippen LogP contribution in [0.4, 0.5) is 0 Å². The zero-order chi connectivity index (χ0) is 20.3. The van der Waals surface area contributed by atoms with Gasteiger partial charge in [0.2, 0.25) is 0 Å². The molecule has 0 radical (unpaired) electrons. The van der Waals surface area contributed by atoms with Crippen molar-refractivity contribution < 1.29 is 0 Å². The van der Waals surface area contributed by atoms with Gasteiger partial charge in [-0.2, -0.15) is 0 Å². The van der Waals surface area contributed by atoms with Crippen LogP contribution in [-0.2, 0) is 0 Å². The Morgan fingerprint density at radius 1 is 0.448 bits per heavy atom. The Labute approximate surface area is 182 Å². The van der Waals surface area contributed by atoms with Gasteiger partial charge in [0, 0.05) is 0 Å². The molecule has 0 aliphatic heterocycles. The summed E-state index contributed by atoms with van der Waals surface area (Å²) in [6.45, 7) is 6.55. The summed E-state index contributed by atoms with van der Waals surface area (Å²) in [5, 5.41) is 0. The minimum absolute atomic E-state index is 0.383. The van der Waals surface area contributed by atoms with Crippen LogP contribution < -0.4 is 17.4 Å². The summed E-state index contributed by atoms with van der Waals surface area (Å²) < 4.78 is 6.28. The molecule has 1 atom stereocenters. The maximum absolute atomic E-state index is 2.81. The van der Waals surface area contributed by atoms with E-state index < -0.39 is 11.5 Å². The molecule has 0 bridgehead atoms. The number of hydrogen-bond donors (Lipinski definition) is 0. The van der Waals surface area contributed by atoms with Crippen LogP contribution in [-0.4, -0.2) is 25.2 Å². The maximum atomic E-state index is 2.42. The van der Waals surface area contributed by atoms with Crippen LogP contribution in [0.5, 0.6) is 0 Å². The Morgan fingerprint density at radius 3 is 1.14 bits per heavy atom. The summed E-state index contributed by atoms with van der Waals surface area (Å²) in [5.41, 5.74) is 3.99. The van der Waals surface area contributed by atoms with E-state index in [2.05, 4.69) is 124 Å². The van der Waals surface area contributed by atoms with E-state index in [9.17, 15) is 0 Å².